The van der Waals surface area contributed by atoms with Crippen molar-refractivity contribution in [1.29, 1.82) is 0 Å². The molecule has 0 bridgehead atoms. The highest BCUT2D eigenvalue weighted by Crippen LogP contribution is 2.29. The minimum absolute atomic E-state index is 0.0246. The van der Waals surface area contributed by atoms with E-state index in [0.29, 0.717) is 19.6 Å². The summed E-state index contributed by atoms with van der Waals surface area (Å²) in [5.74, 6) is -0.901. The minimum atomic E-state index is -3.84. The Hall–Kier alpha value is -2.42. The van der Waals surface area contributed by atoms with Crippen molar-refractivity contribution in [1.82, 2.24) is 9.21 Å². The van der Waals surface area contributed by atoms with Crippen LogP contribution in [-0.2, 0) is 26.1 Å². The van der Waals surface area contributed by atoms with Crippen LogP contribution in [0, 0.1) is 5.92 Å². The first-order valence-electron chi connectivity index (χ1n) is 10.4. The van der Waals surface area contributed by atoms with Crippen LogP contribution in [0.5, 0.6) is 0 Å². The zero-order valence-corrected chi connectivity index (χ0v) is 19.7. The van der Waals surface area contributed by atoms with Gasteiger partial charge in [0.15, 0.2) is 6.61 Å². The molecule has 1 heterocycles. The Bertz CT molecular complexity index is 1080. The van der Waals surface area contributed by atoms with Crippen LogP contribution in [0.3, 0.4) is 0 Å². The lowest BCUT2D eigenvalue weighted by Gasteiger charge is -2.30. The first kappa shape index (κ1) is 24.2. The molecular formula is C23H27ClN2O5S. The maximum absolute atomic E-state index is 13.1. The second-order valence-electron chi connectivity index (χ2n) is 8.07. The first-order chi connectivity index (χ1) is 15.2. The Kier molecular flexibility index (Phi) is 7.92. The van der Waals surface area contributed by atoms with Gasteiger partial charge < -0.3 is 9.64 Å². The van der Waals surface area contributed by atoms with E-state index in [0.717, 1.165) is 18.4 Å². The molecule has 32 heavy (non-hydrogen) atoms. The number of carbonyl (C=O) groups excluding carboxylic acids is 2. The molecule has 1 fully saturated rings. The fraction of sp³-hybridized carbons (Fsp3) is 0.391. The number of nitrogens with zero attached hydrogens (tertiary/aromatic N) is 2. The van der Waals surface area contributed by atoms with Crippen molar-refractivity contribution >= 4 is 33.5 Å². The number of piperidine rings is 1. The van der Waals surface area contributed by atoms with Gasteiger partial charge in [0, 0.05) is 26.7 Å². The maximum Gasteiger partial charge on any atom is 0.338 e. The predicted octanol–water partition coefficient (Wildman–Crippen LogP) is 3.58. The van der Waals surface area contributed by atoms with Gasteiger partial charge in [-0.25, -0.2) is 13.2 Å². The minimum Gasteiger partial charge on any atom is -0.452 e. The largest absolute Gasteiger partial charge is 0.452 e. The summed E-state index contributed by atoms with van der Waals surface area (Å²) >= 11 is 6.17. The summed E-state index contributed by atoms with van der Waals surface area (Å²) in [5.41, 5.74) is 0.978. The number of halogens is 1. The van der Waals surface area contributed by atoms with Gasteiger partial charge in [0.05, 0.1) is 10.6 Å². The zero-order valence-electron chi connectivity index (χ0n) is 18.2. The molecule has 2 aromatic carbocycles. The van der Waals surface area contributed by atoms with E-state index in [1.165, 1.54) is 27.4 Å². The molecule has 0 radical (unpaired) electrons. The molecule has 172 valence electrons. The number of rotatable bonds is 7. The van der Waals surface area contributed by atoms with Crippen molar-refractivity contribution in [2.45, 2.75) is 31.2 Å². The molecule has 9 heteroatoms. The van der Waals surface area contributed by atoms with Crippen LogP contribution in [0.4, 0.5) is 0 Å². The van der Waals surface area contributed by atoms with Crippen molar-refractivity contribution in [2.24, 2.45) is 5.92 Å². The van der Waals surface area contributed by atoms with Gasteiger partial charge >= 0.3 is 5.97 Å². The Morgan fingerprint density at radius 2 is 1.91 bits per heavy atom. The molecular weight excluding hydrogens is 452 g/mol. The topological polar surface area (TPSA) is 84.0 Å². The molecule has 3 rings (SSSR count). The SMILES string of the molecule is CC1CCCN(S(=O)(=O)c2cc(C(=O)OCC(=O)N(C)Cc3ccccc3)ccc2Cl)C1. The van der Waals surface area contributed by atoms with Crippen molar-refractivity contribution < 1.29 is 22.7 Å². The summed E-state index contributed by atoms with van der Waals surface area (Å²) in [6.45, 7) is 2.77. The van der Waals surface area contributed by atoms with Gasteiger partial charge in [-0.2, -0.15) is 4.31 Å². The lowest BCUT2D eigenvalue weighted by Crippen LogP contribution is -2.39. The van der Waals surface area contributed by atoms with Crippen LogP contribution in [0.1, 0.15) is 35.7 Å². The zero-order chi connectivity index (χ0) is 23.3. The van der Waals surface area contributed by atoms with Crippen LogP contribution in [0.2, 0.25) is 5.02 Å². The number of hydrogen-bond donors (Lipinski definition) is 0. The summed E-state index contributed by atoms with van der Waals surface area (Å²) in [7, 11) is -2.22. The number of hydrogen-bond acceptors (Lipinski definition) is 5. The Labute approximate surface area is 194 Å². The van der Waals surface area contributed by atoms with E-state index in [9.17, 15) is 18.0 Å². The molecule has 0 spiro atoms. The number of carbonyl (C=O) groups is 2. The second kappa shape index (κ2) is 10.5. The van der Waals surface area contributed by atoms with E-state index in [1.54, 1.807) is 7.05 Å². The Balaban J connectivity index is 1.66. The van der Waals surface area contributed by atoms with Gasteiger partial charge in [-0.15, -0.1) is 0 Å². The lowest BCUT2D eigenvalue weighted by atomic mass is 10.0. The molecule has 1 unspecified atom stereocenters. The lowest BCUT2D eigenvalue weighted by molar-refractivity contribution is -0.133. The summed E-state index contributed by atoms with van der Waals surface area (Å²) in [6, 6.07) is 13.4. The van der Waals surface area contributed by atoms with Gasteiger partial charge in [0.25, 0.3) is 5.91 Å². The Morgan fingerprint density at radius 1 is 1.19 bits per heavy atom. The molecule has 1 saturated heterocycles. The third kappa shape index (κ3) is 5.88. The number of likely N-dealkylation sites (N-methyl/N-ethyl adjacent to an activating group) is 1. The third-order valence-corrected chi connectivity index (χ3v) is 7.77. The maximum atomic E-state index is 13.1. The van der Waals surface area contributed by atoms with Gasteiger partial charge in [-0.1, -0.05) is 48.9 Å². The van der Waals surface area contributed by atoms with Crippen molar-refractivity contribution in [2.75, 3.05) is 26.7 Å². The predicted molar refractivity (Wildman–Crippen MR) is 122 cm³/mol. The average molecular weight is 479 g/mol. The quantitative estimate of drug-likeness (QED) is 0.568. The highest BCUT2D eigenvalue weighted by atomic mass is 35.5. The van der Waals surface area contributed by atoms with E-state index in [-0.39, 0.29) is 27.3 Å². The third-order valence-electron chi connectivity index (χ3n) is 5.42. The van der Waals surface area contributed by atoms with Gasteiger partial charge in [-0.05, 0) is 42.5 Å². The van der Waals surface area contributed by atoms with Gasteiger partial charge in [-0.3, -0.25) is 4.79 Å². The summed E-state index contributed by atoms with van der Waals surface area (Å²) in [4.78, 5) is 26.2. The standard InChI is InChI=1S/C23H27ClN2O5S/c1-17-7-6-12-26(14-17)32(29,30)21-13-19(10-11-20(21)24)23(28)31-16-22(27)25(2)15-18-8-4-3-5-9-18/h3-5,8-11,13,17H,6-7,12,14-16H2,1-2H3. The first-order valence-corrected chi connectivity index (χ1v) is 12.2. The van der Waals surface area contributed by atoms with Crippen LogP contribution in [0.25, 0.3) is 0 Å². The number of amides is 1. The highest BCUT2D eigenvalue weighted by molar-refractivity contribution is 7.89. The molecule has 1 aliphatic rings. The van der Waals surface area contributed by atoms with E-state index in [2.05, 4.69) is 0 Å². The van der Waals surface area contributed by atoms with Crippen molar-refractivity contribution in [3.8, 4) is 0 Å². The molecule has 1 amide bonds. The van der Waals surface area contributed by atoms with Crippen LogP contribution in [-0.4, -0.2) is 56.2 Å². The molecule has 1 atom stereocenters. The molecule has 0 N–H and O–H groups in total. The van der Waals surface area contributed by atoms with Crippen LogP contribution in [0.15, 0.2) is 53.4 Å². The fourth-order valence-electron chi connectivity index (χ4n) is 3.60. The Morgan fingerprint density at radius 3 is 2.59 bits per heavy atom. The summed E-state index contributed by atoms with van der Waals surface area (Å²) in [6.07, 6.45) is 1.75. The molecule has 7 nitrogen and oxygen atoms in total. The number of sulfonamides is 1. The highest BCUT2D eigenvalue weighted by Gasteiger charge is 2.31. The van der Waals surface area contributed by atoms with Crippen LogP contribution < -0.4 is 0 Å². The normalized spacial score (nSPS) is 17.0. The summed E-state index contributed by atoms with van der Waals surface area (Å²) in [5, 5.41) is 0.0402. The van der Waals surface area contributed by atoms with E-state index < -0.39 is 22.6 Å². The second-order valence-corrected chi connectivity index (χ2v) is 10.4. The number of ether oxygens (including phenoxy) is 1. The number of benzene rings is 2. The number of esters is 1. The molecule has 0 aromatic heterocycles. The van der Waals surface area contributed by atoms with Crippen molar-refractivity contribution in [3.05, 3.63) is 64.7 Å². The fourth-order valence-corrected chi connectivity index (χ4v) is 5.70. The van der Waals surface area contributed by atoms with E-state index in [4.69, 9.17) is 16.3 Å². The average Bonchev–Trinajstić information content (AvgIpc) is 2.78. The van der Waals surface area contributed by atoms with E-state index >= 15 is 0 Å². The van der Waals surface area contributed by atoms with Crippen molar-refractivity contribution in [3.63, 3.8) is 0 Å². The van der Waals surface area contributed by atoms with E-state index in [1.807, 2.05) is 37.3 Å². The summed E-state index contributed by atoms with van der Waals surface area (Å²) < 4.78 is 32.7. The molecule has 0 aliphatic carbocycles. The molecule has 1 aliphatic heterocycles. The van der Waals surface area contributed by atoms with Crippen LogP contribution >= 0.6 is 11.6 Å². The van der Waals surface area contributed by atoms with Gasteiger partial charge in [0.1, 0.15) is 4.90 Å². The van der Waals surface area contributed by atoms with Gasteiger partial charge in [0.2, 0.25) is 10.0 Å². The molecule has 2 aromatic rings. The molecule has 0 saturated carbocycles. The monoisotopic (exact) mass is 478 g/mol. The smallest absolute Gasteiger partial charge is 0.338 e.